The molecule has 2 heterocycles. The fraction of sp³-hybridized carbons (Fsp3) is 0.765. The molecule has 26 heavy (non-hydrogen) atoms. The number of aromatic nitrogens is 1. The number of hydrogen-bond acceptors (Lipinski definition) is 5. The first-order valence-corrected chi connectivity index (χ1v) is 11.1. The van der Waals surface area contributed by atoms with Gasteiger partial charge in [-0.05, 0) is 25.7 Å². The molecule has 1 aliphatic carbocycles. The summed E-state index contributed by atoms with van der Waals surface area (Å²) in [5.74, 6) is 1.56. The maximum absolute atomic E-state index is 12.5. The lowest BCUT2D eigenvalue weighted by atomic mass is 10.2. The summed E-state index contributed by atoms with van der Waals surface area (Å²) < 4.78 is 31.3. The molecule has 2 unspecified atom stereocenters. The molecule has 0 amide bonds. The lowest BCUT2D eigenvalue weighted by molar-refractivity contribution is 0.259. The van der Waals surface area contributed by atoms with Crippen molar-refractivity contribution >= 4 is 16.0 Å². The van der Waals surface area contributed by atoms with Crippen LogP contribution in [0.1, 0.15) is 38.8 Å². The van der Waals surface area contributed by atoms with Gasteiger partial charge in [0.05, 0.1) is 5.69 Å². The van der Waals surface area contributed by atoms with Gasteiger partial charge in [0.25, 0.3) is 0 Å². The van der Waals surface area contributed by atoms with Gasteiger partial charge >= 0.3 is 0 Å². The van der Waals surface area contributed by atoms with Gasteiger partial charge in [-0.3, -0.25) is 4.99 Å². The Hall–Kier alpha value is -1.61. The normalized spacial score (nSPS) is 24.7. The van der Waals surface area contributed by atoms with Crippen molar-refractivity contribution in [2.45, 2.75) is 44.9 Å². The molecule has 1 N–H and O–H groups in total. The zero-order valence-corrected chi connectivity index (χ0v) is 16.4. The zero-order chi connectivity index (χ0) is 18.6. The van der Waals surface area contributed by atoms with E-state index in [1.807, 2.05) is 6.92 Å². The van der Waals surface area contributed by atoms with Crippen molar-refractivity contribution in [1.82, 2.24) is 19.7 Å². The highest BCUT2D eigenvalue weighted by molar-refractivity contribution is 7.88. The van der Waals surface area contributed by atoms with Crippen LogP contribution in [0, 0.1) is 5.92 Å². The van der Waals surface area contributed by atoms with Crippen molar-refractivity contribution in [3.05, 3.63) is 18.0 Å². The minimum Gasteiger partial charge on any atom is -0.364 e. The molecule has 8 nitrogen and oxygen atoms in total. The molecule has 2 atom stereocenters. The highest BCUT2D eigenvalue weighted by atomic mass is 32.2. The predicted molar refractivity (Wildman–Crippen MR) is 100 cm³/mol. The summed E-state index contributed by atoms with van der Waals surface area (Å²) in [5.41, 5.74) is 0.443. The van der Waals surface area contributed by atoms with Gasteiger partial charge in [-0.15, -0.1) is 0 Å². The van der Waals surface area contributed by atoms with Crippen molar-refractivity contribution < 1.29 is 12.9 Å². The standard InChI is InChI=1S/C17H29N5O3S/c1-3-5-14-12-16(14)19-17(18-4-2)21-7-9-22(10-8-21)26(23,24)13-15-6-11-25-20-15/h6,11,14,16H,3-5,7-10,12-13H2,1-2H3,(H,18,19). The van der Waals surface area contributed by atoms with Crippen LogP contribution in [-0.4, -0.2) is 67.5 Å². The molecule has 0 spiro atoms. The van der Waals surface area contributed by atoms with Crippen LogP contribution in [0.2, 0.25) is 0 Å². The number of sulfonamides is 1. The summed E-state index contributed by atoms with van der Waals surface area (Å²) in [6.07, 6.45) is 5.07. The average molecular weight is 384 g/mol. The van der Waals surface area contributed by atoms with Gasteiger partial charge in [-0.1, -0.05) is 18.5 Å². The second-order valence-electron chi connectivity index (χ2n) is 6.97. The Kier molecular flexibility index (Phi) is 6.18. The average Bonchev–Trinajstić information content (AvgIpc) is 3.14. The molecule has 0 bridgehead atoms. The SMILES string of the molecule is CCCC1CC1NC(=NCC)N1CCN(S(=O)(=O)Cc2ccon2)CC1. The summed E-state index contributed by atoms with van der Waals surface area (Å²) in [6.45, 7) is 7.19. The summed E-state index contributed by atoms with van der Waals surface area (Å²) >= 11 is 0. The number of rotatable bonds is 7. The van der Waals surface area contributed by atoms with Gasteiger partial charge in [-0.25, -0.2) is 8.42 Å². The molecule has 2 fully saturated rings. The Morgan fingerprint density at radius 1 is 1.35 bits per heavy atom. The van der Waals surface area contributed by atoms with E-state index in [-0.39, 0.29) is 5.75 Å². The molecule has 1 saturated carbocycles. The maximum Gasteiger partial charge on any atom is 0.220 e. The third-order valence-electron chi connectivity index (χ3n) is 4.96. The molecule has 9 heteroatoms. The molecule has 1 saturated heterocycles. The van der Waals surface area contributed by atoms with Crippen molar-refractivity contribution in [3.63, 3.8) is 0 Å². The number of piperazine rings is 1. The lowest BCUT2D eigenvalue weighted by Crippen LogP contribution is -2.54. The van der Waals surface area contributed by atoms with Crippen LogP contribution < -0.4 is 5.32 Å². The zero-order valence-electron chi connectivity index (χ0n) is 15.6. The van der Waals surface area contributed by atoms with Crippen LogP contribution in [0.4, 0.5) is 0 Å². The van der Waals surface area contributed by atoms with E-state index in [1.165, 1.54) is 25.5 Å². The Morgan fingerprint density at radius 2 is 2.12 bits per heavy atom. The Labute approximate surface area is 155 Å². The molecular weight excluding hydrogens is 354 g/mol. The number of aliphatic imine (C=N–C) groups is 1. The predicted octanol–water partition coefficient (Wildman–Crippen LogP) is 1.28. The van der Waals surface area contributed by atoms with Crippen LogP contribution in [0.3, 0.4) is 0 Å². The number of hydrogen-bond donors (Lipinski definition) is 1. The van der Waals surface area contributed by atoms with Crippen molar-refractivity contribution in [1.29, 1.82) is 0 Å². The van der Waals surface area contributed by atoms with E-state index in [0.29, 0.717) is 37.9 Å². The third kappa shape index (κ3) is 4.76. The van der Waals surface area contributed by atoms with Crippen LogP contribution >= 0.6 is 0 Å². The molecular formula is C17H29N5O3S. The summed E-state index contributed by atoms with van der Waals surface area (Å²) in [7, 11) is -3.37. The van der Waals surface area contributed by atoms with E-state index in [9.17, 15) is 8.42 Å². The quantitative estimate of drug-likeness (QED) is 0.563. The van der Waals surface area contributed by atoms with Gasteiger partial charge < -0.3 is 14.7 Å². The molecule has 3 rings (SSSR count). The molecule has 1 aliphatic heterocycles. The van der Waals surface area contributed by atoms with Crippen LogP contribution in [0.15, 0.2) is 21.8 Å². The minimum atomic E-state index is -3.37. The van der Waals surface area contributed by atoms with E-state index >= 15 is 0 Å². The van der Waals surface area contributed by atoms with Crippen molar-refractivity contribution in [2.24, 2.45) is 10.9 Å². The van der Waals surface area contributed by atoms with Crippen molar-refractivity contribution in [2.75, 3.05) is 32.7 Å². The van der Waals surface area contributed by atoms with Gasteiger partial charge in [-0.2, -0.15) is 4.31 Å². The fourth-order valence-corrected chi connectivity index (χ4v) is 4.86. The van der Waals surface area contributed by atoms with Gasteiger partial charge in [0, 0.05) is 44.8 Å². The van der Waals surface area contributed by atoms with Crippen LogP contribution in [0.5, 0.6) is 0 Å². The first-order valence-electron chi connectivity index (χ1n) is 9.46. The topological polar surface area (TPSA) is 91.0 Å². The number of nitrogens with one attached hydrogen (secondary N) is 1. The van der Waals surface area contributed by atoms with Gasteiger partial charge in [0.2, 0.25) is 10.0 Å². The second kappa shape index (κ2) is 8.39. The van der Waals surface area contributed by atoms with E-state index in [4.69, 9.17) is 4.52 Å². The number of guanidine groups is 1. The third-order valence-corrected chi connectivity index (χ3v) is 6.77. The van der Waals surface area contributed by atoms with Crippen LogP contribution in [0.25, 0.3) is 0 Å². The summed E-state index contributed by atoms with van der Waals surface area (Å²) in [4.78, 5) is 6.79. The smallest absolute Gasteiger partial charge is 0.220 e. The summed E-state index contributed by atoms with van der Waals surface area (Å²) in [5, 5.41) is 7.28. The van der Waals surface area contributed by atoms with E-state index < -0.39 is 10.0 Å². The van der Waals surface area contributed by atoms with E-state index in [0.717, 1.165) is 18.4 Å². The molecule has 2 aliphatic rings. The highest BCUT2D eigenvalue weighted by Gasteiger charge is 2.38. The Balaban J connectivity index is 1.53. The molecule has 0 aromatic carbocycles. The Bertz CT molecular complexity index is 696. The minimum absolute atomic E-state index is 0.113. The van der Waals surface area contributed by atoms with Crippen LogP contribution in [-0.2, 0) is 15.8 Å². The van der Waals surface area contributed by atoms with Gasteiger partial charge in [0.1, 0.15) is 12.0 Å². The molecule has 1 aromatic rings. The lowest BCUT2D eigenvalue weighted by Gasteiger charge is -2.36. The number of nitrogens with zero attached hydrogens (tertiary/aromatic N) is 4. The monoisotopic (exact) mass is 383 g/mol. The largest absolute Gasteiger partial charge is 0.364 e. The first-order chi connectivity index (χ1) is 12.5. The Morgan fingerprint density at radius 3 is 2.73 bits per heavy atom. The van der Waals surface area contributed by atoms with Gasteiger partial charge in [0.15, 0.2) is 5.96 Å². The summed E-state index contributed by atoms with van der Waals surface area (Å²) in [6, 6.07) is 2.11. The van der Waals surface area contributed by atoms with Crippen molar-refractivity contribution in [3.8, 4) is 0 Å². The fourth-order valence-electron chi connectivity index (χ4n) is 3.43. The molecule has 1 aromatic heterocycles. The van der Waals surface area contributed by atoms with E-state index in [1.54, 1.807) is 10.4 Å². The second-order valence-corrected chi connectivity index (χ2v) is 8.94. The first kappa shape index (κ1) is 19.2. The highest BCUT2D eigenvalue weighted by Crippen LogP contribution is 2.34. The molecule has 146 valence electrons. The molecule has 0 radical (unpaired) electrons. The van der Waals surface area contributed by atoms with E-state index in [2.05, 4.69) is 27.3 Å². The maximum atomic E-state index is 12.5.